The molecule has 2 rings (SSSR count). The van der Waals surface area contributed by atoms with Crippen molar-refractivity contribution in [3.8, 4) is 6.07 Å². The third-order valence-electron chi connectivity index (χ3n) is 7.28. The fourth-order valence-electron chi connectivity index (χ4n) is 5.45. The molecule has 0 unspecified atom stereocenters. The van der Waals surface area contributed by atoms with E-state index in [0.717, 1.165) is 11.8 Å². The van der Waals surface area contributed by atoms with Crippen LogP contribution < -0.4 is 0 Å². The van der Waals surface area contributed by atoms with Gasteiger partial charge in [0.1, 0.15) is 0 Å². The Bertz CT molecular complexity index is 364. The van der Waals surface area contributed by atoms with E-state index in [1.807, 2.05) is 0 Å². The molecule has 2 aliphatic rings. The van der Waals surface area contributed by atoms with Gasteiger partial charge < -0.3 is 0 Å². The molecule has 138 valence electrons. The van der Waals surface area contributed by atoms with Crippen LogP contribution in [0.5, 0.6) is 0 Å². The Kier molecular flexibility index (Phi) is 8.65. The molecule has 1 heteroatoms. The van der Waals surface area contributed by atoms with E-state index in [1.54, 1.807) is 0 Å². The highest BCUT2D eigenvalue weighted by atomic mass is 14.5. The molecule has 24 heavy (non-hydrogen) atoms. The predicted octanol–water partition coefficient (Wildman–Crippen LogP) is 7.65. The van der Waals surface area contributed by atoms with Gasteiger partial charge in [0.2, 0.25) is 0 Å². The number of unbranched alkanes of at least 4 members (excludes halogenated alkanes) is 4. The lowest BCUT2D eigenvalue weighted by Crippen LogP contribution is -2.36. The standard InChI is InChI=1S/C23H41N/c1-3-5-7-8-10-21-15-17-23(19-24,18-16-21)22-13-11-20(12-14-22)9-6-4-2/h20-22H,3-18H2,1-2H3. The fourth-order valence-corrected chi connectivity index (χ4v) is 5.45. The summed E-state index contributed by atoms with van der Waals surface area (Å²) in [5.74, 6) is 2.59. The molecule has 1 nitrogen and oxygen atoms in total. The van der Waals surface area contributed by atoms with Crippen LogP contribution in [-0.4, -0.2) is 0 Å². The summed E-state index contributed by atoms with van der Waals surface area (Å²) in [5, 5.41) is 9.98. The highest BCUT2D eigenvalue weighted by molar-refractivity contribution is 5.06. The molecular weight excluding hydrogens is 290 g/mol. The molecule has 2 saturated carbocycles. The summed E-state index contributed by atoms with van der Waals surface area (Å²) in [6.45, 7) is 4.59. The molecule has 0 atom stereocenters. The van der Waals surface area contributed by atoms with Crippen LogP contribution in [-0.2, 0) is 0 Å². The number of nitrogens with zero attached hydrogens (tertiary/aromatic N) is 1. The quantitative estimate of drug-likeness (QED) is 0.398. The topological polar surface area (TPSA) is 23.8 Å². The Morgan fingerprint density at radius 3 is 1.92 bits per heavy atom. The van der Waals surface area contributed by atoms with Crippen molar-refractivity contribution >= 4 is 0 Å². The van der Waals surface area contributed by atoms with Gasteiger partial charge in [-0.3, -0.25) is 0 Å². The Labute approximate surface area is 151 Å². The number of hydrogen-bond acceptors (Lipinski definition) is 1. The van der Waals surface area contributed by atoms with Gasteiger partial charge >= 0.3 is 0 Å². The molecule has 2 fully saturated rings. The van der Waals surface area contributed by atoms with Gasteiger partial charge in [-0.2, -0.15) is 5.26 Å². The third kappa shape index (κ3) is 5.50. The molecule has 0 heterocycles. The van der Waals surface area contributed by atoms with Gasteiger partial charge in [-0.15, -0.1) is 0 Å². The lowest BCUT2D eigenvalue weighted by Gasteiger charge is -2.43. The minimum absolute atomic E-state index is 0.0512. The smallest absolute Gasteiger partial charge is 0.0692 e. The lowest BCUT2D eigenvalue weighted by molar-refractivity contribution is 0.0843. The summed E-state index contributed by atoms with van der Waals surface area (Å²) < 4.78 is 0. The van der Waals surface area contributed by atoms with E-state index in [1.165, 1.54) is 103 Å². The van der Waals surface area contributed by atoms with Crippen LogP contribution in [0.25, 0.3) is 0 Å². The van der Waals surface area contributed by atoms with Gasteiger partial charge in [0.05, 0.1) is 11.5 Å². The van der Waals surface area contributed by atoms with Crippen molar-refractivity contribution in [3.05, 3.63) is 0 Å². The lowest BCUT2D eigenvalue weighted by atomic mass is 9.59. The first kappa shape index (κ1) is 19.8. The summed E-state index contributed by atoms with van der Waals surface area (Å²) in [7, 11) is 0. The monoisotopic (exact) mass is 331 g/mol. The normalized spacial score (nSPS) is 34.0. The van der Waals surface area contributed by atoms with E-state index in [2.05, 4.69) is 19.9 Å². The molecule has 0 radical (unpaired) electrons. The van der Waals surface area contributed by atoms with Gasteiger partial charge in [0.25, 0.3) is 0 Å². The maximum Gasteiger partial charge on any atom is 0.0692 e. The maximum absolute atomic E-state index is 9.98. The minimum Gasteiger partial charge on any atom is -0.198 e. The second kappa shape index (κ2) is 10.5. The fraction of sp³-hybridized carbons (Fsp3) is 0.957. The average Bonchev–Trinajstić information content (AvgIpc) is 2.64. The first-order valence-corrected chi connectivity index (χ1v) is 11.1. The summed E-state index contributed by atoms with van der Waals surface area (Å²) >= 11 is 0. The first-order valence-electron chi connectivity index (χ1n) is 11.1. The van der Waals surface area contributed by atoms with E-state index in [9.17, 15) is 5.26 Å². The summed E-state index contributed by atoms with van der Waals surface area (Å²) in [6, 6.07) is 2.84. The predicted molar refractivity (Wildman–Crippen MR) is 104 cm³/mol. The number of hydrogen-bond donors (Lipinski definition) is 0. The van der Waals surface area contributed by atoms with Crippen LogP contribution in [0.3, 0.4) is 0 Å². The van der Waals surface area contributed by atoms with Crippen LogP contribution >= 0.6 is 0 Å². The Morgan fingerprint density at radius 2 is 1.33 bits per heavy atom. The van der Waals surface area contributed by atoms with E-state index >= 15 is 0 Å². The van der Waals surface area contributed by atoms with Crippen molar-refractivity contribution in [2.45, 2.75) is 117 Å². The van der Waals surface area contributed by atoms with Crippen molar-refractivity contribution in [3.63, 3.8) is 0 Å². The summed E-state index contributed by atoms with van der Waals surface area (Å²) in [6.07, 6.45) is 21.7. The highest BCUT2D eigenvalue weighted by Gasteiger charge is 2.43. The van der Waals surface area contributed by atoms with Gasteiger partial charge in [0.15, 0.2) is 0 Å². The van der Waals surface area contributed by atoms with Gasteiger partial charge in [-0.05, 0) is 56.3 Å². The van der Waals surface area contributed by atoms with Crippen molar-refractivity contribution in [1.82, 2.24) is 0 Å². The molecule has 0 saturated heterocycles. The Morgan fingerprint density at radius 1 is 0.750 bits per heavy atom. The molecule has 0 aromatic heterocycles. The van der Waals surface area contributed by atoms with Crippen LogP contribution in [0.2, 0.25) is 0 Å². The zero-order valence-corrected chi connectivity index (χ0v) is 16.5. The van der Waals surface area contributed by atoms with E-state index in [0.29, 0.717) is 5.92 Å². The van der Waals surface area contributed by atoms with Crippen molar-refractivity contribution in [1.29, 1.82) is 5.26 Å². The number of nitriles is 1. The van der Waals surface area contributed by atoms with Crippen LogP contribution in [0.15, 0.2) is 0 Å². The van der Waals surface area contributed by atoms with Crippen molar-refractivity contribution < 1.29 is 0 Å². The molecule has 0 amide bonds. The molecule has 0 aliphatic heterocycles. The van der Waals surface area contributed by atoms with E-state index in [-0.39, 0.29) is 5.41 Å². The molecule has 0 spiro atoms. The second-order valence-electron chi connectivity index (χ2n) is 8.92. The van der Waals surface area contributed by atoms with Crippen LogP contribution in [0, 0.1) is 34.5 Å². The third-order valence-corrected chi connectivity index (χ3v) is 7.28. The Hall–Kier alpha value is -0.510. The van der Waals surface area contributed by atoms with Crippen LogP contribution in [0.1, 0.15) is 117 Å². The zero-order valence-electron chi connectivity index (χ0n) is 16.5. The molecule has 0 aromatic rings. The molecule has 0 N–H and O–H groups in total. The summed E-state index contributed by atoms with van der Waals surface area (Å²) in [5.41, 5.74) is 0.0512. The molecule has 0 bridgehead atoms. The van der Waals surface area contributed by atoms with Gasteiger partial charge in [0, 0.05) is 0 Å². The highest BCUT2D eigenvalue weighted by Crippen LogP contribution is 2.51. The molecular formula is C23H41N. The largest absolute Gasteiger partial charge is 0.198 e. The van der Waals surface area contributed by atoms with E-state index < -0.39 is 0 Å². The Balaban J connectivity index is 1.75. The van der Waals surface area contributed by atoms with E-state index in [4.69, 9.17) is 0 Å². The summed E-state index contributed by atoms with van der Waals surface area (Å²) in [4.78, 5) is 0. The minimum atomic E-state index is 0.0512. The van der Waals surface area contributed by atoms with Gasteiger partial charge in [-0.1, -0.05) is 78.1 Å². The zero-order chi connectivity index (χ0) is 17.3. The average molecular weight is 332 g/mol. The molecule has 0 aromatic carbocycles. The van der Waals surface area contributed by atoms with Crippen molar-refractivity contribution in [2.75, 3.05) is 0 Å². The molecule has 2 aliphatic carbocycles. The first-order chi connectivity index (χ1) is 11.7. The second-order valence-corrected chi connectivity index (χ2v) is 8.92. The number of rotatable bonds is 9. The van der Waals surface area contributed by atoms with Crippen LogP contribution in [0.4, 0.5) is 0 Å². The maximum atomic E-state index is 9.98. The van der Waals surface area contributed by atoms with Crippen molar-refractivity contribution in [2.24, 2.45) is 23.2 Å². The SMILES string of the molecule is CCCCCCC1CCC(C#N)(C2CCC(CCCC)CC2)CC1. The van der Waals surface area contributed by atoms with Gasteiger partial charge in [-0.25, -0.2) is 0 Å².